The number of phenols is 1. The molecule has 1 rings (SSSR count). The highest BCUT2D eigenvalue weighted by atomic mass is 16.4. The minimum atomic E-state index is -1.76. The lowest BCUT2D eigenvalue weighted by Crippen LogP contribution is -2.58. The molecule has 0 spiro atoms. The molecule has 15 nitrogen and oxygen atoms in total. The van der Waals surface area contributed by atoms with Crippen molar-refractivity contribution in [1.29, 1.82) is 0 Å². The number of nitrogens with two attached hydrogens (primary N) is 2. The normalized spacial score (nSPS) is 13.9. The standard InChI is InChI=1S/C21H29N5O10/c22-12(5-6-16(23)29)18(32)24-13(7-10-1-3-11(28)4-2-10)19(33)25-14(8-17(30)31)20(34)26-15(9-27)21(35)36/h1-4,12-15,27-28H,5-9,22H2,(H2,23,29)(H,24,32)(H,25,33)(H,26,34)(H,30,31)(H,35,36). The molecule has 0 heterocycles. The Hall–Kier alpha value is -4.24. The van der Waals surface area contributed by atoms with E-state index in [1.807, 2.05) is 5.32 Å². The molecule has 0 radical (unpaired) electrons. The highest BCUT2D eigenvalue weighted by Gasteiger charge is 2.31. The second-order valence-corrected chi connectivity index (χ2v) is 7.78. The van der Waals surface area contributed by atoms with E-state index in [0.717, 1.165) is 0 Å². The number of nitrogens with one attached hydrogen (secondary N) is 3. The van der Waals surface area contributed by atoms with Crippen LogP contribution in [0.5, 0.6) is 5.75 Å². The van der Waals surface area contributed by atoms with Crippen molar-refractivity contribution in [2.24, 2.45) is 11.5 Å². The Labute approximate surface area is 204 Å². The molecule has 0 aliphatic rings. The highest BCUT2D eigenvalue weighted by Crippen LogP contribution is 2.12. The first-order chi connectivity index (χ1) is 16.8. The summed E-state index contributed by atoms with van der Waals surface area (Å²) in [6.45, 7) is -0.989. The molecule has 198 valence electrons. The summed E-state index contributed by atoms with van der Waals surface area (Å²) in [5, 5.41) is 43.1. The van der Waals surface area contributed by atoms with Crippen molar-refractivity contribution in [1.82, 2.24) is 16.0 Å². The van der Waals surface area contributed by atoms with Gasteiger partial charge in [0.05, 0.1) is 19.1 Å². The molecule has 36 heavy (non-hydrogen) atoms. The zero-order chi connectivity index (χ0) is 27.4. The largest absolute Gasteiger partial charge is 0.508 e. The van der Waals surface area contributed by atoms with Crippen molar-refractivity contribution in [3.05, 3.63) is 29.8 Å². The number of amides is 4. The third-order valence-corrected chi connectivity index (χ3v) is 4.86. The van der Waals surface area contributed by atoms with E-state index in [1.54, 1.807) is 0 Å². The smallest absolute Gasteiger partial charge is 0.328 e. The van der Waals surface area contributed by atoms with E-state index < -0.39 is 72.8 Å². The van der Waals surface area contributed by atoms with Crippen molar-refractivity contribution in [3.8, 4) is 5.75 Å². The SMILES string of the molecule is NC(=O)CCC(N)C(=O)NC(Cc1ccc(O)cc1)C(=O)NC(CC(=O)O)C(=O)NC(CO)C(=O)O. The zero-order valence-corrected chi connectivity index (χ0v) is 19.0. The molecular formula is C21H29N5O10. The highest BCUT2D eigenvalue weighted by molar-refractivity contribution is 5.95. The van der Waals surface area contributed by atoms with Crippen molar-refractivity contribution >= 4 is 35.6 Å². The van der Waals surface area contributed by atoms with Crippen molar-refractivity contribution in [3.63, 3.8) is 0 Å². The predicted molar refractivity (Wildman–Crippen MR) is 121 cm³/mol. The van der Waals surface area contributed by atoms with Crippen LogP contribution < -0.4 is 27.4 Å². The summed E-state index contributed by atoms with van der Waals surface area (Å²) in [7, 11) is 0. The Bertz CT molecular complexity index is 968. The summed E-state index contributed by atoms with van der Waals surface area (Å²) in [6, 6.07) is -0.555. The molecule has 0 aromatic heterocycles. The van der Waals surface area contributed by atoms with Gasteiger partial charge in [0.1, 0.15) is 23.9 Å². The average Bonchev–Trinajstić information content (AvgIpc) is 2.80. The summed E-state index contributed by atoms with van der Waals surface area (Å²) in [5.74, 6) is -6.88. The maximum absolute atomic E-state index is 13.0. The molecule has 0 fully saturated rings. The number of carbonyl (C=O) groups excluding carboxylic acids is 4. The number of carboxylic acids is 2. The Morgan fingerprint density at radius 3 is 1.86 bits per heavy atom. The van der Waals surface area contributed by atoms with Crippen LogP contribution in [0.25, 0.3) is 0 Å². The number of benzene rings is 1. The fourth-order valence-electron chi connectivity index (χ4n) is 2.90. The number of primary amides is 1. The number of phenolic OH excluding ortho intramolecular Hbond substituents is 1. The van der Waals surface area contributed by atoms with Gasteiger partial charge in [-0.1, -0.05) is 12.1 Å². The van der Waals surface area contributed by atoms with Crippen LogP contribution in [0, 0.1) is 0 Å². The minimum Gasteiger partial charge on any atom is -0.508 e. The first-order valence-electron chi connectivity index (χ1n) is 10.6. The van der Waals surface area contributed by atoms with E-state index in [1.165, 1.54) is 24.3 Å². The topological polar surface area (TPSA) is 271 Å². The molecule has 4 amide bonds. The number of carbonyl (C=O) groups is 6. The van der Waals surface area contributed by atoms with Gasteiger partial charge in [-0.3, -0.25) is 24.0 Å². The van der Waals surface area contributed by atoms with E-state index in [2.05, 4.69) is 10.6 Å². The van der Waals surface area contributed by atoms with Crippen LogP contribution in [0.3, 0.4) is 0 Å². The third kappa shape index (κ3) is 10.4. The van der Waals surface area contributed by atoms with Crippen LogP contribution >= 0.6 is 0 Å². The van der Waals surface area contributed by atoms with Crippen LogP contribution in [0.1, 0.15) is 24.8 Å². The summed E-state index contributed by atoms with van der Waals surface area (Å²) in [5.41, 5.74) is 11.2. The Morgan fingerprint density at radius 2 is 1.36 bits per heavy atom. The molecule has 1 aromatic carbocycles. The van der Waals surface area contributed by atoms with E-state index in [0.29, 0.717) is 5.56 Å². The number of rotatable bonds is 15. The van der Waals surface area contributed by atoms with E-state index in [4.69, 9.17) is 26.8 Å². The second-order valence-electron chi connectivity index (χ2n) is 7.78. The first kappa shape index (κ1) is 29.8. The molecular weight excluding hydrogens is 482 g/mol. The fraction of sp³-hybridized carbons (Fsp3) is 0.429. The number of aliphatic hydroxyl groups excluding tert-OH is 1. The summed E-state index contributed by atoms with van der Waals surface area (Å²) in [4.78, 5) is 71.2. The molecule has 0 aliphatic carbocycles. The van der Waals surface area contributed by atoms with Gasteiger partial charge >= 0.3 is 11.9 Å². The fourth-order valence-corrected chi connectivity index (χ4v) is 2.90. The van der Waals surface area contributed by atoms with Gasteiger partial charge in [-0.2, -0.15) is 0 Å². The molecule has 15 heteroatoms. The maximum atomic E-state index is 13.0. The second kappa shape index (κ2) is 14.2. The summed E-state index contributed by atoms with van der Waals surface area (Å²) < 4.78 is 0. The number of carboxylic acid groups (broad SMARTS) is 2. The van der Waals surface area contributed by atoms with Crippen LogP contribution in [0.15, 0.2) is 24.3 Å². The molecule has 0 aliphatic heterocycles. The van der Waals surface area contributed by atoms with Gasteiger partial charge < -0.3 is 47.8 Å². The van der Waals surface area contributed by atoms with Crippen LogP contribution in [0.2, 0.25) is 0 Å². The zero-order valence-electron chi connectivity index (χ0n) is 19.0. The monoisotopic (exact) mass is 511 g/mol. The minimum absolute atomic E-state index is 0.0627. The van der Waals surface area contributed by atoms with Gasteiger partial charge in [-0.15, -0.1) is 0 Å². The van der Waals surface area contributed by atoms with Crippen LogP contribution in [-0.4, -0.2) is 86.8 Å². The number of aliphatic hydroxyl groups is 1. The number of aromatic hydroxyl groups is 1. The summed E-state index contributed by atoms with van der Waals surface area (Å²) >= 11 is 0. The van der Waals surface area contributed by atoms with Crippen LogP contribution in [-0.2, 0) is 35.2 Å². The van der Waals surface area contributed by atoms with Crippen molar-refractivity contribution in [2.45, 2.75) is 49.9 Å². The molecule has 0 saturated carbocycles. The first-order valence-corrected chi connectivity index (χ1v) is 10.6. The molecule has 1 aromatic rings. The lowest BCUT2D eigenvalue weighted by molar-refractivity contribution is -0.144. The quantitative estimate of drug-likeness (QED) is 0.112. The maximum Gasteiger partial charge on any atom is 0.328 e. The Balaban J connectivity index is 3.11. The van der Waals surface area contributed by atoms with Gasteiger partial charge in [0.2, 0.25) is 23.6 Å². The van der Waals surface area contributed by atoms with E-state index in [9.17, 15) is 33.9 Å². The number of hydrogen-bond donors (Lipinski definition) is 9. The number of hydrogen-bond acceptors (Lipinski definition) is 9. The predicted octanol–water partition coefficient (Wildman–Crippen LogP) is -3.47. The molecule has 4 unspecified atom stereocenters. The molecule has 11 N–H and O–H groups in total. The van der Waals surface area contributed by atoms with Crippen molar-refractivity contribution in [2.75, 3.05) is 6.61 Å². The molecule has 4 atom stereocenters. The Morgan fingerprint density at radius 1 is 0.833 bits per heavy atom. The molecule has 0 saturated heterocycles. The van der Waals surface area contributed by atoms with Gasteiger partial charge in [0.25, 0.3) is 0 Å². The molecule has 0 bridgehead atoms. The van der Waals surface area contributed by atoms with Crippen LogP contribution in [0.4, 0.5) is 0 Å². The lowest BCUT2D eigenvalue weighted by Gasteiger charge is -2.24. The van der Waals surface area contributed by atoms with E-state index >= 15 is 0 Å². The average molecular weight is 511 g/mol. The van der Waals surface area contributed by atoms with Gasteiger partial charge in [0, 0.05) is 12.8 Å². The Kier molecular flexibility index (Phi) is 11.8. The third-order valence-electron chi connectivity index (χ3n) is 4.86. The lowest BCUT2D eigenvalue weighted by atomic mass is 10.0. The van der Waals surface area contributed by atoms with Crippen molar-refractivity contribution < 1.29 is 49.2 Å². The summed E-state index contributed by atoms with van der Waals surface area (Å²) in [6.07, 6.45) is -1.42. The van der Waals surface area contributed by atoms with E-state index in [-0.39, 0.29) is 25.0 Å². The van der Waals surface area contributed by atoms with Gasteiger partial charge in [0.15, 0.2) is 0 Å². The number of aliphatic carboxylic acids is 2. The van der Waals surface area contributed by atoms with Gasteiger partial charge in [-0.05, 0) is 24.1 Å². The van der Waals surface area contributed by atoms with Gasteiger partial charge in [-0.25, -0.2) is 4.79 Å².